The number of carbonyl (C=O) groups is 3. The summed E-state index contributed by atoms with van der Waals surface area (Å²) in [5.74, 6) is -1.24. The van der Waals surface area contributed by atoms with Gasteiger partial charge in [0.1, 0.15) is 0 Å². The quantitative estimate of drug-likeness (QED) is 0.586. The zero-order valence-electron chi connectivity index (χ0n) is 10.4. The maximum atomic E-state index is 11.8. The van der Waals surface area contributed by atoms with Crippen molar-refractivity contribution in [3.05, 3.63) is 34.9 Å². The maximum Gasteiger partial charge on any atom is 0.338 e. The first-order valence-electron chi connectivity index (χ1n) is 5.59. The third-order valence-electron chi connectivity index (χ3n) is 2.67. The van der Waals surface area contributed by atoms with Gasteiger partial charge in [-0.15, -0.1) is 0 Å². The van der Waals surface area contributed by atoms with Crippen molar-refractivity contribution < 1.29 is 19.1 Å². The number of fused-ring (bicyclic) bond motifs is 1. The number of hydrogen-bond donors (Lipinski definition) is 0. The summed E-state index contributed by atoms with van der Waals surface area (Å²) in [5.41, 5.74) is 0.850. The van der Waals surface area contributed by atoms with Crippen molar-refractivity contribution >= 4 is 17.8 Å². The highest BCUT2D eigenvalue weighted by Gasteiger charge is 2.33. The average Bonchev–Trinajstić information content (AvgIpc) is 2.53. The molecule has 94 valence electrons. The van der Waals surface area contributed by atoms with E-state index in [2.05, 4.69) is 0 Å². The molecule has 0 saturated heterocycles. The smallest absolute Gasteiger partial charge is 0.338 e. The van der Waals surface area contributed by atoms with E-state index in [1.165, 1.54) is 25.2 Å². The zero-order valence-corrected chi connectivity index (χ0v) is 10.4. The molecule has 0 saturated carbocycles. The lowest BCUT2D eigenvalue weighted by atomic mass is 10.1. The molecular weight excluding hydrogens is 234 g/mol. The third-order valence-corrected chi connectivity index (χ3v) is 2.67. The molecule has 0 N–H and O–H groups in total. The highest BCUT2D eigenvalue weighted by atomic mass is 16.5. The Morgan fingerprint density at radius 3 is 2.39 bits per heavy atom. The Morgan fingerprint density at radius 1 is 1.17 bits per heavy atom. The predicted molar refractivity (Wildman–Crippen MR) is 63.4 cm³/mol. The normalized spacial score (nSPS) is 14.1. The first kappa shape index (κ1) is 12.3. The molecule has 1 aliphatic heterocycles. The molecule has 0 atom stereocenters. The molecule has 0 spiro atoms. The van der Waals surface area contributed by atoms with Crippen LogP contribution in [0, 0.1) is 0 Å². The Balaban J connectivity index is 2.38. The van der Waals surface area contributed by atoms with Crippen LogP contribution < -0.4 is 0 Å². The molecule has 1 aliphatic rings. The van der Waals surface area contributed by atoms with Gasteiger partial charge >= 0.3 is 5.97 Å². The van der Waals surface area contributed by atoms with Crippen LogP contribution in [0.25, 0.3) is 0 Å². The number of carbonyl (C=O) groups excluding carboxylic acids is 3. The van der Waals surface area contributed by atoms with Gasteiger partial charge in [0.2, 0.25) is 0 Å². The van der Waals surface area contributed by atoms with Gasteiger partial charge in [0, 0.05) is 7.05 Å². The molecule has 0 radical (unpaired) electrons. The average molecular weight is 247 g/mol. The molecule has 2 amide bonds. The van der Waals surface area contributed by atoms with Crippen LogP contribution in [0.3, 0.4) is 0 Å². The fourth-order valence-electron chi connectivity index (χ4n) is 1.77. The number of ether oxygens (including phenoxy) is 1. The van der Waals surface area contributed by atoms with Crippen molar-refractivity contribution in [3.8, 4) is 0 Å². The van der Waals surface area contributed by atoms with Crippen LogP contribution in [0.4, 0.5) is 0 Å². The van der Waals surface area contributed by atoms with E-state index in [0.717, 1.165) is 4.90 Å². The van der Waals surface area contributed by atoms with E-state index in [9.17, 15) is 14.4 Å². The van der Waals surface area contributed by atoms with Gasteiger partial charge in [-0.2, -0.15) is 0 Å². The van der Waals surface area contributed by atoms with Crippen LogP contribution in [0.2, 0.25) is 0 Å². The minimum absolute atomic E-state index is 0.231. The van der Waals surface area contributed by atoms with Crippen molar-refractivity contribution in [1.82, 2.24) is 4.90 Å². The fraction of sp³-hybridized carbons (Fsp3) is 0.308. The summed E-state index contributed by atoms with van der Waals surface area (Å²) in [6.45, 7) is 3.49. The van der Waals surface area contributed by atoms with Gasteiger partial charge in [-0.25, -0.2) is 4.79 Å². The Bertz CT molecular complexity index is 548. The SMILES string of the molecule is CC(C)OC(=O)c1ccc2c(c1)C(=O)N(C)C2=O. The fourth-order valence-corrected chi connectivity index (χ4v) is 1.77. The molecule has 0 aromatic heterocycles. The molecule has 1 heterocycles. The topological polar surface area (TPSA) is 63.7 Å². The molecule has 5 nitrogen and oxygen atoms in total. The molecule has 0 bridgehead atoms. The van der Waals surface area contributed by atoms with E-state index in [4.69, 9.17) is 4.74 Å². The minimum atomic E-state index is -0.498. The summed E-state index contributed by atoms with van der Waals surface area (Å²) in [4.78, 5) is 36.1. The highest BCUT2D eigenvalue weighted by molar-refractivity contribution is 6.21. The van der Waals surface area contributed by atoms with Gasteiger partial charge in [-0.3, -0.25) is 14.5 Å². The van der Waals surface area contributed by atoms with E-state index in [1.54, 1.807) is 13.8 Å². The second-order valence-corrected chi connectivity index (χ2v) is 4.38. The van der Waals surface area contributed by atoms with Gasteiger partial charge in [0.05, 0.1) is 22.8 Å². The van der Waals surface area contributed by atoms with Gasteiger partial charge in [-0.05, 0) is 32.0 Å². The number of hydrogen-bond acceptors (Lipinski definition) is 4. The van der Waals surface area contributed by atoms with Crippen LogP contribution in [-0.2, 0) is 4.74 Å². The molecule has 2 rings (SSSR count). The number of rotatable bonds is 2. The van der Waals surface area contributed by atoms with E-state index < -0.39 is 11.9 Å². The molecule has 18 heavy (non-hydrogen) atoms. The first-order valence-corrected chi connectivity index (χ1v) is 5.59. The summed E-state index contributed by atoms with van der Waals surface area (Å²) < 4.78 is 5.04. The molecule has 5 heteroatoms. The standard InChI is InChI=1S/C13H13NO4/c1-7(2)18-13(17)8-4-5-9-10(6-8)12(16)14(3)11(9)15/h4-7H,1-3H3. The van der Waals surface area contributed by atoms with Gasteiger partial charge in [-0.1, -0.05) is 0 Å². The van der Waals surface area contributed by atoms with Crippen molar-refractivity contribution in [3.63, 3.8) is 0 Å². The number of esters is 1. The predicted octanol–water partition coefficient (Wildman–Crippen LogP) is 1.48. The van der Waals surface area contributed by atoms with Crippen molar-refractivity contribution in [2.45, 2.75) is 20.0 Å². The van der Waals surface area contributed by atoms with Crippen molar-refractivity contribution in [1.29, 1.82) is 0 Å². The maximum absolute atomic E-state index is 11.8. The Hall–Kier alpha value is -2.17. The Morgan fingerprint density at radius 2 is 1.78 bits per heavy atom. The lowest BCUT2D eigenvalue weighted by molar-refractivity contribution is 0.0377. The van der Waals surface area contributed by atoms with Crippen molar-refractivity contribution in [2.75, 3.05) is 7.05 Å². The van der Waals surface area contributed by atoms with E-state index in [-0.39, 0.29) is 23.1 Å². The summed E-state index contributed by atoms with van der Waals surface area (Å²) >= 11 is 0. The van der Waals surface area contributed by atoms with Gasteiger partial charge in [0.15, 0.2) is 0 Å². The van der Waals surface area contributed by atoms with Crippen LogP contribution in [0.15, 0.2) is 18.2 Å². The minimum Gasteiger partial charge on any atom is -0.459 e. The molecule has 0 unspecified atom stereocenters. The summed E-state index contributed by atoms with van der Waals surface area (Å²) in [6, 6.07) is 4.38. The lowest BCUT2D eigenvalue weighted by Crippen LogP contribution is -2.24. The molecular formula is C13H13NO4. The Kier molecular flexibility index (Phi) is 2.90. The van der Waals surface area contributed by atoms with Crippen LogP contribution in [-0.4, -0.2) is 35.8 Å². The van der Waals surface area contributed by atoms with Gasteiger partial charge in [0.25, 0.3) is 11.8 Å². The number of nitrogens with zero attached hydrogens (tertiary/aromatic N) is 1. The second kappa shape index (κ2) is 4.25. The summed E-state index contributed by atoms with van der Waals surface area (Å²) in [7, 11) is 1.41. The summed E-state index contributed by atoms with van der Waals surface area (Å²) in [5, 5.41) is 0. The van der Waals surface area contributed by atoms with E-state index in [1.807, 2.05) is 0 Å². The second-order valence-electron chi connectivity index (χ2n) is 4.38. The first-order chi connectivity index (χ1) is 8.41. The van der Waals surface area contributed by atoms with Gasteiger partial charge < -0.3 is 4.74 Å². The molecule has 1 aromatic rings. The van der Waals surface area contributed by atoms with Crippen LogP contribution >= 0.6 is 0 Å². The summed E-state index contributed by atoms with van der Waals surface area (Å²) in [6.07, 6.45) is -0.231. The Labute approximate surface area is 104 Å². The molecule has 0 aliphatic carbocycles. The number of amides is 2. The highest BCUT2D eigenvalue weighted by Crippen LogP contribution is 2.23. The molecule has 1 aromatic carbocycles. The van der Waals surface area contributed by atoms with Crippen molar-refractivity contribution in [2.24, 2.45) is 0 Å². The largest absolute Gasteiger partial charge is 0.459 e. The monoisotopic (exact) mass is 247 g/mol. The number of imide groups is 1. The van der Waals surface area contributed by atoms with E-state index >= 15 is 0 Å². The lowest BCUT2D eigenvalue weighted by Gasteiger charge is -2.08. The number of benzene rings is 1. The molecule has 0 fully saturated rings. The van der Waals surface area contributed by atoms with Crippen LogP contribution in [0.1, 0.15) is 44.9 Å². The van der Waals surface area contributed by atoms with Crippen LogP contribution in [0.5, 0.6) is 0 Å². The van der Waals surface area contributed by atoms with E-state index in [0.29, 0.717) is 5.56 Å². The zero-order chi connectivity index (χ0) is 13.4. The third kappa shape index (κ3) is 1.88.